The lowest BCUT2D eigenvalue weighted by atomic mass is 10.1. The molecule has 0 amide bonds. The number of methoxy groups -OCH3 is 1. The molecule has 0 aromatic carbocycles. The van der Waals surface area contributed by atoms with Crippen molar-refractivity contribution >= 4 is 11.9 Å². The molecule has 1 rings (SSSR count). The Labute approximate surface area is 94.1 Å². The lowest BCUT2D eigenvalue weighted by Gasteiger charge is -2.19. The van der Waals surface area contributed by atoms with Gasteiger partial charge in [0.1, 0.15) is 0 Å². The second-order valence-corrected chi connectivity index (χ2v) is 3.68. The largest absolute Gasteiger partial charge is 0.467 e. The van der Waals surface area contributed by atoms with Gasteiger partial charge in [-0.1, -0.05) is 13.8 Å². The third-order valence-corrected chi connectivity index (χ3v) is 2.13. The maximum atomic E-state index is 9.16. The fourth-order valence-corrected chi connectivity index (χ4v) is 1.12. The van der Waals surface area contributed by atoms with Crippen molar-refractivity contribution in [2.24, 2.45) is 5.92 Å². The van der Waals surface area contributed by atoms with Crippen LogP contribution in [0.2, 0.25) is 0 Å². The van der Waals surface area contributed by atoms with E-state index in [0.29, 0.717) is 5.95 Å². The van der Waals surface area contributed by atoms with E-state index in [1.165, 1.54) is 7.11 Å². The number of nitrogen functional groups attached to an aromatic ring is 1. The summed E-state index contributed by atoms with van der Waals surface area (Å²) in [6.45, 7) is 3.96. The molecule has 1 aromatic rings. The molecule has 1 unspecified atom stereocenters. The zero-order chi connectivity index (χ0) is 12.1. The van der Waals surface area contributed by atoms with Crippen molar-refractivity contribution in [1.29, 1.82) is 0 Å². The second-order valence-electron chi connectivity index (χ2n) is 3.68. The number of nitrogens with two attached hydrogens (primary N) is 1. The van der Waals surface area contributed by atoms with E-state index in [0.717, 1.165) is 0 Å². The Bertz CT molecular complexity index is 345. The number of aromatic nitrogens is 3. The van der Waals surface area contributed by atoms with E-state index >= 15 is 0 Å². The molecule has 1 heterocycles. The molecule has 0 spiro atoms. The van der Waals surface area contributed by atoms with E-state index in [2.05, 4.69) is 20.3 Å². The van der Waals surface area contributed by atoms with E-state index in [-0.39, 0.29) is 30.5 Å². The van der Waals surface area contributed by atoms with Crippen molar-refractivity contribution in [2.45, 2.75) is 19.9 Å². The first-order valence-corrected chi connectivity index (χ1v) is 4.99. The van der Waals surface area contributed by atoms with Gasteiger partial charge in [0, 0.05) is 0 Å². The van der Waals surface area contributed by atoms with Crippen LogP contribution < -0.4 is 15.8 Å². The number of aliphatic hydroxyl groups excluding tert-OH is 1. The van der Waals surface area contributed by atoms with Crippen LogP contribution in [-0.2, 0) is 0 Å². The number of rotatable bonds is 5. The number of hydrogen-bond donors (Lipinski definition) is 3. The van der Waals surface area contributed by atoms with Crippen LogP contribution in [0.5, 0.6) is 6.01 Å². The minimum Gasteiger partial charge on any atom is -0.467 e. The molecule has 0 fully saturated rings. The number of hydrogen-bond acceptors (Lipinski definition) is 7. The highest BCUT2D eigenvalue weighted by Crippen LogP contribution is 2.12. The molecular weight excluding hydrogens is 210 g/mol. The molecule has 0 aliphatic heterocycles. The number of anilines is 2. The van der Waals surface area contributed by atoms with Gasteiger partial charge in [0.25, 0.3) is 0 Å². The number of nitrogens with zero attached hydrogens (tertiary/aromatic N) is 3. The van der Waals surface area contributed by atoms with Crippen LogP contribution >= 0.6 is 0 Å². The summed E-state index contributed by atoms with van der Waals surface area (Å²) in [6.07, 6.45) is 0. The van der Waals surface area contributed by atoms with Crippen LogP contribution in [-0.4, -0.2) is 39.8 Å². The summed E-state index contributed by atoms with van der Waals surface area (Å²) in [5.41, 5.74) is 5.48. The Balaban J connectivity index is 2.83. The molecule has 1 aromatic heterocycles. The second kappa shape index (κ2) is 5.45. The van der Waals surface area contributed by atoms with Crippen LogP contribution in [0.3, 0.4) is 0 Å². The summed E-state index contributed by atoms with van der Waals surface area (Å²) in [7, 11) is 1.45. The highest BCUT2D eigenvalue weighted by atomic mass is 16.5. The molecule has 7 nitrogen and oxygen atoms in total. The van der Waals surface area contributed by atoms with Gasteiger partial charge >= 0.3 is 6.01 Å². The van der Waals surface area contributed by atoms with Crippen LogP contribution in [0.4, 0.5) is 11.9 Å². The van der Waals surface area contributed by atoms with Crippen molar-refractivity contribution in [1.82, 2.24) is 15.0 Å². The zero-order valence-corrected chi connectivity index (χ0v) is 9.64. The van der Waals surface area contributed by atoms with Gasteiger partial charge in [-0.25, -0.2) is 0 Å². The van der Waals surface area contributed by atoms with E-state index in [9.17, 15) is 0 Å². The Morgan fingerprint density at radius 1 is 1.38 bits per heavy atom. The van der Waals surface area contributed by atoms with Gasteiger partial charge in [0.15, 0.2) is 0 Å². The lowest BCUT2D eigenvalue weighted by molar-refractivity contribution is 0.248. The van der Waals surface area contributed by atoms with Gasteiger partial charge < -0.3 is 20.9 Å². The van der Waals surface area contributed by atoms with Crippen molar-refractivity contribution in [3.63, 3.8) is 0 Å². The molecule has 16 heavy (non-hydrogen) atoms. The summed E-state index contributed by atoms with van der Waals surface area (Å²) >= 11 is 0. The van der Waals surface area contributed by atoms with E-state index in [1.54, 1.807) is 0 Å². The molecule has 7 heteroatoms. The van der Waals surface area contributed by atoms with Crippen LogP contribution in [0.25, 0.3) is 0 Å². The summed E-state index contributed by atoms with van der Waals surface area (Å²) in [6, 6.07) is 0.0157. The monoisotopic (exact) mass is 227 g/mol. The third kappa shape index (κ3) is 3.20. The quantitative estimate of drug-likeness (QED) is 0.644. The zero-order valence-electron chi connectivity index (χ0n) is 9.64. The average Bonchev–Trinajstić information content (AvgIpc) is 2.24. The summed E-state index contributed by atoms with van der Waals surface area (Å²) in [5, 5.41) is 12.1. The van der Waals surface area contributed by atoms with E-state index in [4.69, 9.17) is 15.6 Å². The topological polar surface area (TPSA) is 106 Å². The SMILES string of the molecule is COc1nc(N)nc(NC(CO)C(C)C)n1. The first kappa shape index (κ1) is 12.4. The molecule has 90 valence electrons. The summed E-state index contributed by atoms with van der Waals surface area (Å²) < 4.78 is 4.87. The molecule has 4 N–H and O–H groups in total. The Hall–Kier alpha value is -1.63. The minimum atomic E-state index is -0.133. The van der Waals surface area contributed by atoms with E-state index in [1.807, 2.05) is 13.8 Å². The average molecular weight is 227 g/mol. The molecule has 0 aliphatic rings. The first-order chi connectivity index (χ1) is 7.56. The highest BCUT2D eigenvalue weighted by molar-refractivity contribution is 5.33. The van der Waals surface area contributed by atoms with Gasteiger partial charge in [-0.15, -0.1) is 0 Å². The number of ether oxygens (including phenoxy) is 1. The van der Waals surface area contributed by atoms with E-state index < -0.39 is 0 Å². The molecule has 0 aliphatic carbocycles. The smallest absolute Gasteiger partial charge is 0.322 e. The molecule has 0 radical (unpaired) electrons. The molecule has 1 atom stereocenters. The van der Waals surface area contributed by atoms with Crippen LogP contribution in [0.1, 0.15) is 13.8 Å². The Morgan fingerprint density at radius 2 is 2.06 bits per heavy atom. The Kier molecular flexibility index (Phi) is 4.24. The van der Waals surface area contributed by atoms with Crippen molar-refractivity contribution in [2.75, 3.05) is 24.8 Å². The molecular formula is C9H17N5O2. The summed E-state index contributed by atoms with van der Waals surface area (Å²) in [5.74, 6) is 0.626. The maximum absolute atomic E-state index is 9.16. The third-order valence-electron chi connectivity index (χ3n) is 2.13. The predicted molar refractivity (Wildman–Crippen MR) is 60.1 cm³/mol. The summed E-state index contributed by atoms with van der Waals surface area (Å²) in [4.78, 5) is 11.6. The maximum Gasteiger partial charge on any atom is 0.322 e. The van der Waals surface area contributed by atoms with Gasteiger partial charge in [0.2, 0.25) is 11.9 Å². The van der Waals surface area contributed by atoms with Gasteiger partial charge in [0.05, 0.1) is 19.8 Å². The predicted octanol–water partition coefficient (Wildman–Crippen LogP) is -0.109. The minimum absolute atomic E-state index is 0.00836. The first-order valence-electron chi connectivity index (χ1n) is 4.99. The van der Waals surface area contributed by atoms with Crippen molar-refractivity contribution in [3.05, 3.63) is 0 Å². The van der Waals surface area contributed by atoms with Crippen LogP contribution in [0, 0.1) is 5.92 Å². The normalized spacial score (nSPS) is 12.6. The fraction of sp³-hybridized carbons (Fsp3) is 0.667. The Morgan fingerprint density at radius 3 is 2.56 bits per heavy atom. The highest BCUT2D eigenvalue weighted by Gasteiger charge is 2.14. The lowest BCUT2D eigenvalue weighted by Crippen LogP contribution is -2.30. The number of aliphatic hydroxyl groups is 1. The van der Waals surface area contributed by atoms with Crippen molar-refractivity contribution in [3.8, 4) is 6.01 Å². The van der Waals surface area contributed by atoms with Crippen molar-refractivity contribution < 1.29 is 9.84 Å². The van der Waals surface area contributed by atoms with Gasteiger partial charge in [-0.05, 0) is 5.92 Å². The van der Waals surface area contributed by atoms with Gasteiger partial charge in [-0.3, -0.25) is 0 Å². The standard InChI is InChI=1S/C9H17N5O2/c1-5(2)6(4-15)11-8-12-7(10)13-9(14-8)16-3/h5-6,15H,4H2,1-3H3,(H3,10,11,12,13,14). The number of nitrogens with one attached hydrogen (secondary N) is 1. The van der Waals surface area contributed by atoms with Crippen LogP contribution in [0.15, 0.2) is 0 Å². The molecule has 0 saturated heterocycles. The molecule has 0 bridgehead atoms. The fourth-order valence-electron chi connectivity index (χ4n) is 1.12. The van der Waals surface area contributed by atoms with Gasteiger partial charge in [-0.2, -0.15) is 15.0 Å². The molecule has 0 saturated carbocycles.